The number of benzene rings is 2. The molecule has 1 fully saturated rings. The molecule has 3 aromatic rings. The van der Waals surface area contributed by atoms with Gasteiger partial charge in [-0.2, -0.15) is 26.3 Å². The zero-order valence-corrected chi connectivity index (χ0v) is 21.6. The number of aromatic amines is 1. The highest BCUT2D eigenvalue weighted by Crippen LogP contribution is 2.39. The molecule has 0 aliphatic carbocycles. The number of hydrogen-bond donors (Lipinski definition) is 1. The highest BCUT2D eigenvalue weighted by Gasteiger charge is 2.39. The van der Waals surface area contributed by atoms with Crippen LogP contribution in [-0.4, -0.2) is 58.7 Å². The van der Waals surface area contributed by atoms with Gasteiger partial charge in [0.2, 0.25) is 0 Å². The molecule has 1 aliphatic heterocycles. The first kappa shape index (κ1) is 29.0. The molecule has 0 unspecified atom stereocenters. The first-order valence-electron chi connectivity index (χ1n) is 12.2. The normalized spacial score (nSPS) is 19.9. The average molecular weight is 558 g/mol. The lowest BCUT2D eigenvalue weighted by molar-refractivity contribution is -0.231. The van der Waals surface area contributed by atoms with Gasteiger partial charge in [-0.3, -0.25) is 10.00 Å². The number of nitrogens with zero attached hydrogens (tertiary/aromatic N) is 4. The van der Waals surface area contributed by atoms with Gasteiger partial charge in [0.25, 0.3) is 0 Å². The third-order valence-electron chi connectivity index (χ3n) is 6.40. The summed E-state index contributed by atoms with van der Waals surface area (Å²) < 4.78 is 92.6. The van der Waals surface area contributed by atoms with E-state index in [0.717, 1.165) is 11.3 Å². The zero-order valence-electron chi connectivity index (χ0n) is 21.6. The molecule has 1 saturated heterocycles. The van der Waals surface area contributed by atoms with Crippen LogP contribution in [0.4, 0.5) is 26.3 Å². The Hall–Kier alpha value is -3.00. The SMILES string of the molecule is C[C@@H](O[C@@H]1OCCN(Cc2nn[nH]c2CN(C)C)[C@@H]1c1ccccc1)c1cc(C(F)(F)F)cc(C(F)(F)F)c1. The Morgan fingerprint density at radius 2 is 1.69 bits per heavy atom. The van der Waals surface area contributed by atoms with Gasteiger partial charge in [-0.25, -0.2) is 0 Å². The molecule has 7 nitrogen and oxygen atoms in total. The summed E-state index contributed by atoms with van der Waals surface area (Å²) in [6.45, 7) is 3.09. The van der Waals surface area contributed by atoms with Gasteiger partial charge in [-0.05, 0) is 50.3 Å². The Morgan fingerprint density at radius 3 is 2.28 bits per heavy atom. The lowest BCUT2D eigenvalue weighted by atomic mass is 10.0. The second-order valence-corrected chi connectivity index (χ2v) is 9.66. The summed E-state index contributed by atoms with van der Waals surface area (Å²) in [5.74, 6) is 0. The van der Waals surface area contributed by atoms with Crippen molar-refractivity contribution in [3.8, 4) is 0 Å². The van der Waals surface area contributed by atoms with E-state index in [-0.39, 0.29) is 18.2 Å². The molecule has 0 radical (unpaired) electrons. The lowest BCUT2D eigenvalue weighted by Crippen LogP contribution is -2.46. The fraction of sp³-hybridized carbons (Fsp3) is 0.462. The molecule has 1 N–H and O–H groups in total. The van der Waals surface area contributed by atoms with Crippen LogP contribution in [0.1, 0.15) is 52.7 Å². The van der Waals surface area contributed by atoms with Gasteiger partial charge in [-0.1, -0.05) is 35.5 Å². The lowest BCUT2D eigenvalue weighted by Gasteiger charge is -2.42. The standard InChI is InChI=1S/C26H29F6N5O2/c1-16(18-11-19(25(27,28)29)13-20(12-18)26(30,31)32)39-24-23(17-7-5-4-6-8-17)37(9-10-38-24)15-22-21(14-36(2)3)33-35-34-22/h4-8,11-13,16,23-24H,9-10,14-15H2,1-3H3,(H,33,34,35)/t16-,23-,24+/m1/s1. The Balaban J connectivity index is 1.64. The Bertz CT molecular complexity index is 1200. The van der Waals surface area contributed by atoms with E-state index in [1.165, 1.54) is 6.92 Å². The van der Waals surface area contributed by atoms with E-state index in [1.54, 1.807) is 0 Å². The number of aromatic nitrogens is 3. The summed E-state index contributed by atoms with van der Waals surface area (Å²) in [4.78, 5) is 4.02. The molecule has 0 saturated carbocycles. The van der Waals surface area contributed by atoms with Crippen LogP contribution in [0, 0.1) is 0 Å². The first-order valence-corrected chi connectivity index (χ1v) is 12.2. The van der Waals surface area contributed by atoms with Crippen molar-refractivity contribution in [1.82, 2.24) is 25.2 Å². The Kier molecular flexibility index (Phi) is 8.64. The maximum Gasteiger partial charge on any atom is 0.416 e. The number of morpholine rings is 1. The van der Waals surface area contributed by atoms with E-state index in [4.69, 9.17) is 9.47 Å². The second-order valence-electron chi connectivity index (χ2n) is 9.66. The van der Waals surface area contributed by atoms with Gasteiger partial charge in [0.05, 0.1) is 35.6 Å². The number of nitrogens with one attached hydrogen (secondary N) is 1. The quantitative estimate of drug-likeness (QED) is 0.365. The predicted octanol–water partition coefficient (Wildman–Crippen LogP) is 5.58. The van der Waals surface area contributed by atoms with Crippen LogP contribution in [0.15, 0.2) is 48.5 Å². The zero-order chi connectivity index (χ0) is 28.4. The summed E-state index contributed by atoms with van der Waals surface area (Å²) in [6, 6.07) is 10.2. The molecule has 0 amide bonds. The van der Waals surface area contributed by atoms with E-state index < -0.39 is 41.9 Å². The van der Waals surface area contributed by atoms with Gasteiger partial charge in [0, 0.05) is 19.6 Å². The number of rotatable bonds is 8. The molecular weight excluding hydrogens is 528 g/mol. The van der Waals surface area contributed by atoms with Crippen LogP contribution in [0.25, 0.3) is 0 Å². The van der Waals surface area contributed by atoms with E-state index >= 15 is 0 Å². The number of H-pyrrole nitrogens is 1. The number of halogens is 6. The molecular formula is C26H29F6N5O2. The van der Waals surface area contributed by atoms with Crippen LogP contribution in [0.5, 0.6) is 0 Å². The molecule has 1 aromatic heterocycles. The largest absolute Gasteiger partial charge is 0.416 e. The minimum absolute atomic E-state index is 0.102. The van der Waals surface area contributed by atoms with Gasteiger partial charge < -0.3 is 14.4 Å². The van der Waals surface area contributed by atoms with E-state index in [2.05, 4.69) is 20.3 Å². The highest BCUT2D eigenvalue weighted by atomic mass is 19.4. The van der Waals surface area contributed by atoms with Gasteiger partial charge in [-0.15, -0.1) is 5.10 Å². The maximum absolute atomic E-state index is 13.4. The summed E-state index contributed by atoms with van der Waals surface area (Å²) in [6.07, 6.45) is -12.0. The first-order chi connectivity index (χ1) is 18.3. The van der Waals surface area contributed by atoms with Crippen molar-refractivity contribution in [1.29, 1.82) is 0 Å². The van der Waals surface area contributed by atoms with Gasteiger partial charge >= 0.3 is 12.4 Å². The molecule has 0 bridgehead atoms. The number of hydrogen-bond acceptors (Lipinski definition) is 6. The topological polar surface area (TPSA) is 66.5 Å². The van der Waals surface area contributed by atoms with Crippen molar-refractivity contribution in [2.45, 2.75) is 50.8 Å². The molecule has 1 aliphatic rings. The number of alkyl halides is 6. The van der Waals surface area contributed by atoms with Crippen LogP contribution >= 0.6 is 0 Å². The molecule has 0 spiro atoms. The van der Waals surface area contributed by atoms with Crippen molar-refractivity contribution < 1.29 is 35.8 Å². The highest BCUT2D eigenvalue weighted by molar-refractivity contribution is 5.34. The third kappa shape index (κ3) is 7.15. The van der Waals surface area contributed by atoms with Crippen LogP contribution in [0.2, 0.25) is 0 Å². The van der Waals surface area contributed by atoms with Crippen molar-refractivity contribution in [2.24, 2.45) is 0 Å². The van der Waals surface area contributed by atoms with E-state index in [9.17, 15) is 26.3 Å². The Labute approximate surface area is 221 Å². The van der Waals surface area contributed by atoms with Crippen LogP contribution in [0.3, 0.4) is 0 Å². The van der Waals surface area contributed by atoms with Gasteiger partial charge in [0.15, 0.2) is 6.29 Å². The molecule has 4 rings (SSSR count). The monoisotopic (exact) mass is 557 g/mol. The molecule has 13 heteroatoms. The summed E-state index contributed by atoms with van der Waals surface area (Å²) in [5.41, 5.74) is -0.693. The smallest absolute Gasteiger partial charge is 0.349 e. The fourth-order valence-corrected chi connectivity index (χ4v) is 4.52. The molecule has 2 aromatic carbocycles. The minimum atomic E-state index is -4.96. The predicted molar refractivity (Wildman–Crippen MR) is 129 cm³/mol. The average Bonchev–Trinajstić information content (AvgIpc) is 3.29. The summed E-state index contributed by atoms with van der Waals surface area (Å²) >= 11 is 0. The minimum Gasteiger partial charge on any atom is -0.349 e. The molecule has 212 valence electrons. The fourth-order valence-electron chi connectivity index (χ4n) is 4.52. The second kappa shape index (κ2) is 11.6. The molecule has 39 heavy (non-hydrogen) atoms. The van der Waals surface area contributed by atoms with Crippen LogP contribution < -0.4 is 0 Å². The van der Waals surface area contributed by atoms with Gasteiger partial charge in [0.1, 0.15) is 5.69 Å². The van der Waals surface area contributed by atoms with Crippen molar-refractivity contribution >= 4 is 0 Å². The molecule has 2 heterocycles. The maximum atomic E-state index is 13.4. The third-order valence-corrected chi connectivity index (χ3v) is 6.40. The van der Waals surface area contributed by atoms with Crippen molar-refractivity contribution in [3.05, 3.63) is 82.2 Å². The van der Waals surface area contributed by atoms with Crippen molar-refractivity contribution in [3.63, 3.8) is 0 Å². The number of ether oxygens (including phenoxy) is 2. The molecule has 3 atom stereocenters. The van der Waals surface area contributed by atoms with E-state index in [1.807, 2.05) is 49.3 Å². The summed E-state index contributed by atoms with van der Waals surface area (Å²) in [5, 5.41) is 11.1. The summed E-state index contributed by atoms with van der Waals surface area (Å²) in [7, 11) is 3.82. The van der Waals surface area contributed by atoms with Crippen LogP contribution in [-0.2, 0) is 34.9 Å². The Morgan fingerprint density at radius 1 is 1.05 bits per heavy atom. The van der Waals surface area contributed by atoms with Crippen molar-refractivity contribution in [2.75, 3.05) is 27.2 Å². The van der Waals surface area contributed by atoms with E-state index in [0.29, 0.717) is 37.5 Å².